The maximum absolute atomic E-state index is 3.91. The summed E-state index contributed by atoms with van der Waals surface area (Å²) in [5.41, 5.74) is 0. The predicted octanol–water partition coefficient (Wildman–Crippen LogP) is 2.27. The minimum Gasteiger partial charge on any atom is -0.210 e. The summed E-state index contributed by atoms with van der Waals surface area (Å²) in [7, 11) is 1.79. The lowest BCUT2D eigenvalue weighted by molar-refractivity contribution is 0.211. The summed E-state index contributed by atoms with van der Waals surface area (Å²) in [6.45, 7) is 6.91. The van der Waals surface area contributed by atoms with Gasteiger partial charge < -0.3 is 0 Å². The van der Waals surface area contributed by atoms with Crippen LogP contribution in [0.3, 0.4) is 0 Å². The van der Waals surface area contributed by atoms with Crippen LogP contribution >= 0.6 is 0 Å². The quantitative estimate of drug-likeness (QED) is 0.544. The van der Waals surface area contributed by atoms with Crippen LogP contribution in [0.25, 0.3) is 4.85 Å². The average Bonchev–Trinajstić information content (AvgIpc) is 2.06. The lowest BCUT2D eigenvalue weighted by Crippen LogP contribution is -2.31. The van der Waals surface area contributed by atoms with Crippen LogP contribution in [0.4, 0.5) is 0 Å². The molecule has 0 radical (unpaired) electrons. The minimum absolute atomic E-state index is 0.839. The van der Waals surface area contributed by atoms with E-state index in [1.54, 1.807) is 7.05 Å². The molecule has 68 valence electrons. The second-order valence-electron chi connectivity index (χ2n) is 3.89. The molecule has 1 fully saturated rings. The Labute approximate surface area is 75.4 Å². The molecule has 1 saturated heterocycles. The van der Waals surface area contributed by atoms with E-state index in [0.29, 0.717) is 0 Å². The van der Waals surface area contributed by atoms with Crippen LogP contribution in [0.15, 0.2) is 0 Å². The Balaban J connectivity index is 2.33. The maximum atomic E-state index is 3.91. The van der Waals surface area contributed by atoms with Crippen molar-refractivity contribution in [2.24, 2.45) is 11.8 Å². The average molecular weight is 167 g/mol. The fourth-order valence-corrected chi connectivity index (χ4v) is 1.81. The van der Waals surface area contributed by atoms with Crippen LogP contribution in [0, 0.1) is 18.0 Å². The van der Waals surface area contributed by atoms with Crippen molar-refractivity contribution in [1.82, 2.24) is 4.90 Å². The molecule has 0 aromatic heterocycles. The fourth-order valence-electron chi connectivity index (χ4n) is 1.81. The standard InChI is InChI=1S/C10H19N2/c1-9(2)10-4-6-12(7-5-10)8-11-3/h9-10H,4-7H2,1-3H3/q+1. The molecule has 0 N–H and O–H groups in total. The number of likely N-dealkylation sites (tertiary alicyclic amines) is 1. The van der Waals surface area contributed by atoms with E-state index in [-0.39, 0.29) is 0 Å². The van der Waals surface area contributed by atoms with E-state index < -0.39 is 0 Å². The number of nitrogens with zero attached hydrogens (tertiary/aromatic N) is 2. The van der Waals surface area contributed by atoms with Crippen LogP contribution in [0.5, 0.6) is 0 Å². The second kappa shape index (κ2) is 4.35. The van der Waals surface area contributed by atoms with Crippen LogP contribution < -0.4 is 0 Å². The van der Waals surface area contributed by atoms with Gasteiger partial charge in [-0.2, -0.15) is 0 Å². The molecule has 0 spiro atoms. The summed E-state index contributed by atoms with van der Waals surface area (Å²) in [5, 5.41) is 0. The Kier molecular flexibility index (Phi) is 3.40. The highest BCUT2D eigenvalue weighted by atomic mass is 15.1. The Hall–Kier alpha value is -0.710. The van der Waals surface area contributed by atoms with Crippen molar-refractivity contribution in [3.05, 3.63) is 4.85 Å². The van der Waals surface area contributed by atoms with Gasteiger partial charge in [-0.1, -0.05) is 13.8 Å². The maximum Gasteiger partial charge on any atom is 0.370 e. The summed E-state index contributed by atoms with van der Waals surface area (Å²) in [6, 6.07) is 0. The normalized spacial score (nSPS) is 19.2. The molecule has 1 aliphatic heterocycles. The van der Waals surface area contributed by atoms with Gasteiger partial charge in [0.2, 0.25) is 0 Å². The zero-order valence-corrected chi connectivity index (χ0v) is 8.38. The van der Waals surface area contributed by atoms with Gasteiger partial charge in [-0.25, -0.2) is 9.74 Å². The van der Waals surface area contributed by atoms with Crippen molar-refractivity contribution in [2.75, 3.05) is 20.1 Å². The summed E-state index contributed by atoms with van der Waals surface area (Å²) >= 11 is 0. The molecule has 1 aliphatic rings. The van der Waals surface area contributed by atoms with E-state index in [4.69, 9.17) is 0 Å². The third-order valence-electron chi connectivity index (χ3n) is 2.72. The zero-order valence-electron chi connectivity index (χ0n) is 8.38. The van der Waals surface area contributed by atoms with Crippen molar-refractivity contribution in [1.29, 1.82) is 0 Å². The van der Waals surface area contributed by atoms with Gasteiger partial charge in [-0.3, -0.25) is 0 Å². The van der Waals surface area contributed by atoms with E-state index in [1.807, 2.05) is 0 Å². The van der Waals surface area contributed by atoms with Crippen LogP contribution in [-0.2, 0) is 0 Å². The molecular weight excluding hydrogens is 148 g/mol. The predicted molar refractivity (Wildman–Crippen MR) is 52.3 cm³/mol. The Bertz CT molecular complexity index is 180. The van der Waals surface area contributed by atoms with Crippen LogP contribution in [0.2, 0.25) is 0 Å². The molecule has 12 heavy (non-hydrogen) atoms. The molecule has 0 aromatic rings. The van der Waals surface area contributed by atoms with E-state index >= 15 is 0 Å². The number of rotatable bonds is 1. The van der Waals surface area contributed by atoms with Gasteiger partial charge in [0.05, 0.1) is 13.1 Å². The molecule has 1 rings (SSSR count). The first-order valence-electron chi connectivity index (χ1n) is 4.83. The third-order valence-corrected chi connectivity index (χ3v) is 2.72. The highest BCUT2D eigenvalue weighted by molar-refractivity contribution is 4.88. The van der Waals surface area contributed by atoms with Gasteiger partial charge in [0.25, 0.3) is 0 Å². The molecule has 0 unspecified atom stereocenters. The SMILES string of the molecule is C[N+]#CN1CCC(C(C)C)CC1. The minimum atomic E-state index is 0.839. The van der Waals surface area contributed by atoms with Gasteiger partial charge in [-0.05, 0) is 24.7 Å². The third kappa shape index (κ3) is 2.41. The Morgan fingerprint density at radius 3 is 2.33 bits per heavy atom. The zero-order chi connectivity index (χ0) is 8.97. The monoisotopic (exact) mass is 167 g/mol. The van der Waals surface area contributed by atoms with Crippen LogP contribution in [0.1, 0.15) is 26.7 Å². The van der Waals surface area contributed by atoms with Crippen molar-refractivity contribution in [3.63, 3.8) is 0 Å². The molecule has 0 amide bonds. The lowest BCUT2D eigenvalue weighted by atomic mass is 9.87. The second-order valence-corrected chi connectivity index (χ2v) is 3.89. The molecule has 0 atom stereocenters. The first-order valence-corrected chi connectivity index (χ1v) is 4.83. The Morgan fingerprint density at radius 2 is 1.92 bits per heavy atom. The first kappa shape index (κ1) is 9.38. The highest BCUT2D eigenvalue weighted by Crippen LogP contribution is 2.23. The molecule has 1 heterocycles. The number of hydrogen-bond donors (Lipinski definition) is 0. The lowest BCUT2D eigenvalue weighted by Gasteiger charge is -2.26. The van der Waals surface area contributed by atoms with Crippen LogP contribution in [-0.4, -0.2) is 25.0 Å². The van der Waals surface area contributed by atoms with Crippen molar-refractivity contribution in [3.8, 4) is 6.19 Å². The molecule has 0 aromatic carbocycles. The topological polar surface area (TPSA) is 7.60 Å². The summed E-state index contributed by atoms with van der Waals surface area (Å²) in [5.74, 6) is 1.76. The molecule has 2 heteroatoms. The molecule has 2 nitrogen and oxygen atoms in total. The fraction of sp³-hybridized carbons (Fsp3) is 0.900. The van der Waals surface area contributed by atoms with Crippen molar-refractivity contribution >= 4 is 0 Å². The smallest absolute Gasteiger partial charge is 0.210 e. The first-order chi connectivity index (χ1) is 5.74. The van der Waals surface area contributed by atoms with Gasteiger partial charge in [0, 0.05) is 0 Å². The molecule has 0 bridgehead atoms. The van der Waals surface area contributed by atoms with Gasteiger partial charge in [-0.15, -0.1) is 0 Å². The summed E-state index contributed by atoms with van der Waals surface area (Å²) in [4.78, 5) is 6.10. The van der Waals surface area contributed by atoms with Gasteiger partial charge in [0.1, 0.15) is 0 Å². The van der Waals surface area contributed by atoms with Crippen molar-refractivity contribution < 1.29 is 0 Å². The van der Waals surface area contributed by atoms with E-state index in [2.05, 4.69) is 29.8 Å². The van der Waals surface area contributed by atoms with E-state index in [1.165, 1.54) is 12.8 Å². The highest BCUT2D eigenvalue weighted by Gasteiger charge is 2.24. The molecular formula is C10H19N2+. The van der Waals surface area contributed by atoms with E-state index in [9.17, 15) is 0 Å². The Morgan fingerprint density at radius 1 is 1.33 bits per heavy atom. The molecule has 0 saturated carbocycles. The summed E-state index contributed by atoms with van der Waals surface area (Å²) < 4.78 is 0. The molecule has 0 aliphatic carbocycles. The largest absolute Gasteiger partial charge is 0.370 e. The van der Waals surface area contributed by atoms with Crippen molar-refractivity contribution in [2.45, 2.75) is 26.7 Å². The number of hydrogen-bond acceptors (Lipinski definition) is 1. The summed E-state index contributed by atoms with van der Waals surface area (Å²) in [6.07, 6.45) is 5.61. The van der Waals surface area contributed by atoms with Gasteiger partial charge in [0.15, 0.2) is 7.05 Å². The number of piperidine rings is 1. The van der Waals surface area contributed by atoms with Gasteiger partial charge >= 0.3 is 6.19 Å². The van der Waals surface area contributed by atoms with E-state index in [0.717, 1.165) is 24.9 Å².